The normalized spacial score (nSPS) is 11.4. The number of rotatable bonds is 6. The van der Waals surface area contributed by atoms with Crippen LogP contribution in [0.15, 0.2) is 83.9 Å². The molecule has 4 aromatic rings. The van der Waals surface area contributed by atoms with E-state index in [-0.39, 0.29) is 11.4 Å². The minimum atomic E-state index is -0.455. The van der Waals surface area contributed by atoms with Gasteiger partial charge in [-0.1, -0.05) is 41.7 Å². The van der Waals surface area contributed by atoms with Crippen molar-refractivity contribution in [2.45, 2.75) is 0 Å². The van der Waals surface area contributed by atoms with Gasteiger partial charge in [-0.25, -0.2) is 4.99 Å². The van der Waals surface area contributed by atoms with Crippen molar-refractivity contribution >= 4 is 33.4 Å². The fourth-order valence-corrected chi connectivity index (χ4v) is 4.42. The highest BCUT2D eigenvalue weighted by Gasteiger charge is 2.19. The quantitative estimate of drug-likeness (QED) is 0.285. The van der Waals surface area contributed by atoms with Gasteiger partial charge in [-0.3, -0.25) is 24.8 Å². The van der Waals surface area contributed by atoms with E-state index < -0.39 is 9.85 Å². The number of thiazole rings is 1. The Morgan fingerprint density at radius 2 is 1.36 bits per heavy atom. The molecule has 166 valence electrons. The smallest absolute Gasteiger partial charge is 0.269 e. The third-order valence-corrected chi connectivity index (χ3v) is 6.07. The summed E-state index contributed by atoms with van der Waals surface area (Å²) in [4.78, 5) is 28.6. The molecule has 0 fully saturated rings. The summed E-state index contributed by atoms with van der Waals surface area (Å²) in [6.07, 6.45) is 0. The maximum atomic E-state index is 11.1. The highest BCUT2D eigenvalue weighted by atomic mass is 32.1. The second-order valence-corrected chi connectivity index (χ2v) is 8.25. The fourth-order valence-electron chi connectivity index (χ4n) is 3.32. The molecule has 0 atom stereocenters. The number of non-ortho nitro benzene ring substituents is 2. The van der Waals surface area contributed by atoms with Gasteiger partial charge in [0.25, 0.3) is 11.4 Å². The fraction of sp³-hybridized carbons (Fsp3) is 0.0870. The Kier molecular flexibility index (Phi) is 6.01. The van der Waals surface area contributed by atoms with Crippen molar-refractivity contribution in [3.05, 3.63) is 104 Å². The number of hydrogen-bond donors (Lipinski definition) is 0. The molecular weight excluding hydrogens is 442 g/mol. The van der Waals surface area contributed by atoms with Crippen molar-refractivity contribution in [3.63, 3.8) is 0 Å². The van der Waals surface area contributed by atoms with E-state index in [1.165, 1.54) is 35.6 Å². The molecule has 4 rings (SSSR count). The van der Waals surface area contributed by atoms with Gasteiger partial charge < -0.3 is 4.90 Å². The lowest BCUT2D eigenvalue weighted by Crippen LogP contribution is -2.14. The van der Waals surface area contributed by atoms with Crippen molar-refractivity contribution < 1.29 is 9.85 Å². The van der Waals surface area contributed by atoms with E-state index in [9.17, 15) is 20.2 Å². The van der Waals surface area contributed by atoms with Crippen molar-refractivity contribution in [3.8, 4) is 16.9 Å². The van der Waals surface area contributed by atoms with Crippen LogP contribution in [0.5, 0.6) is 0 Å². The van der Waals surface area contributed by atoms with Crippen LogP contribution in [0, 0.1) is 20.2 Å². The summed E-state index contributed by atoms with van der Waals surface area (Å²) in [6.45, 7) is 0. The molecule has 1 aromatic heterocycles. The lowest BCUT2D eigenvalue weighted by molar-refractivity contribution is -0.385. The van der Waals surface area contributed by atoms with Crippen LogP contribution in [0.25, 0.3) is 16.9 Å². The molecule has 10 heteroatoms. The first kappa shape index (κ1) is 21.9. The van der Waals surface area contributed by atoms with E-state index >= 15 is 0 Å². The molecule has 0 N–H and O–H groups in total. The first-order valence-corrected chi connectivity index (χ1v) is 10.7. The van der Waals surface area contributed by atoms with Crippen molar-refractivity contribution in [2.75, 3.05) is 19.0 Å². The van der Waals surface area contributed by atoms with Gasteiger partial charge >= 0.3 is 0 Å². The molecule has 0 unspecified atom stereocenters. The average Bonchev–Trinajstić information content (AvgIpc) is 3.19. The molecule has 0 spiro atoms. The Balaban J connectivity index is 1.99. The maximum Gasteiger partial charge on any atom is 0.269 e. The summed E-state index contributed by atoms with van der Waals surface area (Å²) in [7, 11) is 3.88. The Morgan fingerprint density at radius 1 is 0.818 bits per heavy atom. The van der Waals surface area contributed by atoms with Crippen LogP contribution in [0.4, 0.5) is 22.1 Å². The number of benzene rings is 3. The van der Waals surface area contributed by atoms with Crippen molar-refractivity contribution in [1.29, 1.82) is 0 Å². The number of hydrogen-bond acceptors (Lipinski definition) is 7. The Hall–Kier alpha value is -4.31. The van der Waals surface area contributed by atoms with Crippen molar-refractivity contribution in [2.24, 2.45) is 4.99 Å². The monoisotopic (exact) mass is 461 g/mol. The molecule has 0 bridgehead atoms. The summed E-state index contributed by atoms with van der Waals surface area (Å²) in [5, 5.41) is 23.1. The number of aromatic nitrogens is 1. The van der Waals surface area contributed by atoms with E-state index in [2.05, 4.69) is 0 Å². The molecule has 3 aromatic carbocycles. The predicted octanol–water partition coefficient (Wildman–Crippen LogP) is 5.32. The van der Waals surface area contributed by atoms with Crippen LogP contribution in [0.1, 0.15) is 0 Å². The summed E-state index contributed by atoms with van der Waals surface area (Å²) in [6, 6.07) is 22.1. The minimum Gasteiger partial charge on any atom is -0.368 e. The molecule has 1 heterocycles. The lowest BCUT2D eigenvalue weighted by atomic mass is 10.1. The van der Waals surface area contributed by atoms with Gasteiger partial charge in [0.15, 0.2) is 4.80 Å². The summed E-state index contributed by atoms with van der Waals surface area (Å²) < 4.78 is 1.94. The zero-order valence-corrected chi connectivity index (χ0v) is 18.6. The van der Waals surface area contributed by atoms with Gasteiger partial charge in [-0.2, -0.15) is 0 Å². The van der Waals surface area contributed by atoms with E-state index in [1.807, 2.05) is 53.9 Å². The summed E-state index contributed by atoms with van der Waals surface area (Å²) >= 11 is 1.45. The van der Waals surface area contributed by atoms with Crippen LogP contribution in [0.3, 0.4) is 0 Å². The number of nitro benzene ring substituents is 2. The van der Waals surface area contributed by atoms with Gasteiger partial charge in [0.05, 0.1) is 21.2 Å². The molecule has 0 amide bonds. The number of anilines is 1. The third kappa shape index (κ3) is 4.51. The highest BCUT2D eigenvalue weighted by Crippen LogP contribution is 2.35. The second kappa shape index (κ2) is 9.05. The molecular formula is C23H19N5O4S. The third-order valence-electron chi connectivity index (χ3n) is 4.86. The molecule has 33 heavy (non-hydrogen) atoms. The van der Waals surface area contributed by atoms with Crippen LogP contribution >= 0.6 is 11.3 Å². The summed E-state index contributed by atoms with van der Waals surface area (Å²) in [5.74, 6) is 0. The molecule has 9 nitrogen and oxygen atoms in total. The second-order valence-electron chi connectivity index (χ2n) is 7.29. The zero-order chi connectivity index (χ0) is 23.5. The van der Waals surface area contributed by atoms with Gasteiger partial charge in [-0.05, 0) is 24.3 Å². The molecule has 0 saturated heterocycles. The van der Waals surface area contributed by atoms with Gasteiger partial charge in [0, 0.05) is 49.6 Å². The highest BCUT2D eigenvalue weighted by molar-refractivity contribution is 7.14. The van der Waals surface area contributed by atoms with Crippen molar-refractivity contribution in [1.82, 2.24) is 4.57 Å². The molecule has 0 radical (unpaired) electrons. The standard InChI is InChI=1S/C23H19N5O4S/c1-25(2)22-21(16-6-4-3-5-7-16)26(18-12-14-20(15-13-18)28(31)32)23(33-22)24-17-8-10-19(11-9-17)27(29)30/h3-15H,1-2H3. The minimum absolute atomic E-state index is 0.00229. The topological polar surface area (TPSA) is 107 Å². The maximum absolute atomic E-state index is 11.1. The SMILES string of the molecule is CN(C)c1sc(=Nc2ccc([N+](=O)[O-])cc2)n(-c2ccc([N+](=O)[O-])cc2)c1-c1ccccc1. The number of nitro groups is 2. The van der Waals surface area contributed by atoms with E-state index in [4.69, 9.17) is 4.99 Å². The zero-order valence-electron chi connectivity index (χ0n) is 17.8. The van der Waals surface area contributed by atoms with E-state index in [1.54, 1.807) is 24.3 Å². The first-order chi connectivity index (χ1) is 15.8. The average molecular weight is 462 g/mol. The van der Waals surface area contributed by atoms with Crippen LogP contribution in [0.2, 0.25) is 0 Å². The Morgan fingerprint density at radius 3 is 1.88 bits per heavy atom. The van der Waals surface area contributed by atoms with Crippen LogP contribution in [-0.2, 0) is 0 Å². The van der Waals surface area contributed by atoms with Crippen LogP contribution in [-0.4, -0.2) is 28.5 Å². The first-order valence-electron chi connectivity index (χ1n) is 9.88. The predicted molar refractivity (Wildman–Crippen MR) is 128 cm³/mol. The van der Waals surface area contributed by atoms with Crippen LogP contribution < -0.4 is 9.70 Å². The van der Waals surface area contributed by atoms with Gasteiger partial charge in [-0.15, -0.1) is 0 Å². The molecule has 0 aliphatic rings. The van der Waals surface area contributed by atoms with Gasteiger partial charge in [0.2, 0.25) is 0 Å². The molecule has 0 aliphatic heterocycles. The summed E-state index contributed by atoms with van der Waals surface area (Å²) in [5.41, 5.74) is 3.10. The number of nitrogens with zero attached hydrogens (tertiary/aromatic N) is 5. The van der Waals surface area contributed by atoms with Gasteiger partial charge in [0.1, 0.15) is 5.00 Å². The van der Waals surface area contributed by atoms with E-state index in [0.29, 0.717) is 16.2 Å². The Bertz CT molecular complexity index is 1380. The molecule has 0 aliphatic carbocycles. The van der Waals surface area contributed by atoms with E-state index in [0.717, 1.165) is 16.3 Å². The lowest BCUT2D eigenvalue weighted by Gasteiger charge is -2.15. The largest absolute Gasteiger partial charge is 0.368 e. The molecule has 0 saturated carbocycles. The Labute approximate surface area is 192 Å².